The SMILES string of the molecule is Cc1ccc(C(O)CNCC(C)c2ccccc2)cc1. The molecule has 0 bridgehead atoms. The van der Waals surface area contributed by atoms with Crippen molar-refractivity contribution in [1.82, 2.24) is 5.32 Å². The molecule has 0 aliphatic heterocycles. The molecule has 20 heavy (non-hydrogen) atoms. The van der Waals surface area contributed by atoms with Crippen LogP contribution in [0.4, 0.5) is 0 Å². The fraction of sp³-hybridized carbons (Fsp3) is 0.333. The van der Waals surface area contributed by atoms with E-state index in [1.54, 1.807) is 0 Å². The second kappa shape index (κ2) is 7.22. The summed E-state index contributed by atoms with van der Waals surface area (Å²) < 4.78 is 0. The summed E-state index contributed by atoms with van der Waals surface area (Å²) in [7, 11) is 0. The number of aryl methyl sites for hydroxylation is 1. The van der Waals surface area contributed by atoms with Gasteiger partial charge in [-0.2, -0.15) is 0 Å². The number of aliphatic hydroxyl groups is 1. The van der Waals surface area contributed by atoms with Gasteiger partial charge in [-0.15, -0.1) is 0 Å². The minimum absolute atomic E-state index is 0.446. The lowest BCUT2D eigenvalue weighted by Gasteiger charge is -2.16. The number of aliphatic hydroxyl groups excluding tert-OH is 1. The van der Waals surface area contributed by atoms with E-state index in [0.717, 1.165) is 12.1 Å². The highest BCUT2D eigenvalue weighted by atomic mass is 16.3. The highest BCUT2D eigenvalue weighted by Crippen LogP contribution is 2.15. The normalized spacial score (nSPS) is 13.9. The van der Waals surface area contributed by atoms with E-state index in [1.807, 2.05) is 30.3 Å². The summed E-state index contributed by atoms with van der Waals surface area (Å²) in [5, 5.41) is 13.5. The van der Waals surface area contributed by atoms with E-state index in [4.69, 9.17) is 0 Å². The van der Waals surface area contributed by atoms with Crippen molar-refractivity contribution in [3.05, 3.63) is 71.3 Å². The van der Waals surface area contributed by atoms with E-state index < -0.39 is 6.10 Å². The quantitative estimate of drug-likeness (QED) is 0.842. The molecule has 0 aliphatic rings. The standard InChI is InChI=1S/C18H23NO/c1-14-8-10-17(11-9-14)18(20)13-19-12-15(2)16-6-4-3-5-7-16/h3-11,15,18-20H,12-13H2,1-2H3. The van der Waals surface area contributed by atoms with Crippen LogP contribution in [0, 0.1) is 6.92 Å². The van der Waals surface area contributed by atoms with E-state index in [2.05, 4.69) is 43.4 Å². The fourth-order valence-corrected chi connectivity index (χ4v) is 2.24. The second-order valence-electron chi connectivity index (χ2n) is 5.40. The van der Waals surface area contributed by atoms with Gasteiger partial charge in [-0.3, -0.25) is 0 Å². The summed E-state index contributed by atoms with van der Waals surface area (Å²) in [6.45, 7) is 5.70. The van der Waals surface area contributed by atoms with Gasteiger partial charge < -0.3 is 10.4 Å². The molecule has 106 valence electrons. The van der Waals surface area contributed by atoms with Gasteiger partial charge in [0.15, 0.2) is 0 Å². The van der Waals surface area contributed by atoms with Gasteiger partial charge in [0.2, 0.25) is 0 Å². The van der Waals surface area contributed by atoms with Crippen molar-refractivity contribution in [1.29, 1.82) is 0 Å². The summed E-state index contributed by atoms with van der Waals surface area (Å²) in [6.07, 6.45) is -0.446. The topological polar surface area (TPSA) is 32.3 Å². The van der Waals surface area contributed by atoms with Crippen LogP contribution < -0.4 is 5.32 Å². The average molecular weight is 269 g/mol. The maximum atomic E-state index is 10.1. The molecule has 0 saturated heterocycles. The Hall–Kier alpha value is -1.64. The van der Waals surface area contributed by atoms with E-state index in [0.29, 0.717) is 12.5 Å². The third kappa shape index (κ3) is 4.19. The lowest BCUT2D eigenvalue weighted by atomic mass is 10.0. The summed E-state index contributed by atoms with van der Waals surface area (Å²) in [5.41, 5.74) is 3.51. The number of hydrogen-bond donors (Lipinski definition) is 2. The molecule has 2 N–H and O–H groups in total. The van der Waals surface area contributed by atoms with Crippen LogP contribution >= 0.6 is 0 Å². The maximum Gasteiger partial charge on any atom is 0.0914 e. The van der Waals surface area contributed by atoms with Crippen molar-refractivity contribution >= 4 is 0 Å². The van der Waals surface area contributed by atoms with Gasteiger partial charge in [0.1, 0.15) is 0 Å². The van der Waals surface area contributed by atoms with Crippen LogP contribution in [0.2, 0.25) is 0 Å². The summed E-state index contributed by atoms with van der Waals surface area (Å²) >= 11 is 0. The van der Waals surface area contributed by atoms with Crippen LogP contribution in [0.5, 0.6) is 0 Å². The molecule has 0 spiro atoms. The minimum atomic E-state index is -0.446. The predicted molar refractivity (Wildman–Crippen MR) is 83.9 cm³/mol. The van der Waals surface area contributed by atoms with E-state index in [9.17, 15) is 5.11 Å². The molecular formula is C18H23NO. The molecule has 2 aromatic carbocycles. The molecule has 2 heteroatoms. The number of rotatable bonds is 6. The van der Waals surface area contributed by atoms with Crippen LogP contribution in [0.15, 0.2) is 54.6 Å². The summed E-state index contributed by atoms with van der Waals surface area (Å²) in [5.74, 6) is 0.446. The first-order valence-corrected chi connectivity index (χ1v) is 7.17. The Balaban J connectivity index is 1.79. The highest BCUT2D eigenvalue weighted by Gasteiger charge is 2.08. The first kappa shape index (κ1) is 14.8. The lowest BCUT2D eigenvalue weighted by Crippen LogP contribution is -2.25. The molecule has 0 fully saturated rings. The molecular weight excluding hydrogens is 246 g/mol. The monoisotopic (exact) mass is 269 g/mol. The molecule has 0 heterocycles. The molecule has 2 atom stereocenters. The molecule has 0 radical (unpaired) electrons. The third-order valence-electron chi connectivity index (χ3n) is 3.62. The Bertz CT molecular complexity index is 507. The van der Waals surface area contributed by atoms with Crippen molar-refractivity contribution in [3.63, 3.8) is 0 Å². The van der Waals surface area contributed by atoms with Gasteiger partial charge in [0.05, 0.1) is 6.10 Å². The average Bonchev–Trinajstić information content (AvgIpc) is 2.48. The van der Waals surface area contributed by atoms with Crippen molar-refractivity contribution in [3.8, 4) is 0 Å². The van der Waals surface area contributed by atoms with Gasteiger partial charge in [-0.25, -0.2) is 0 Å². The van der Waals surface area contributed by atoms with Crippen LogP contribution in [-0.2, 0) is 0 Å². The first-order chi connectivity index (χ1) is 9.66. The maximum absolute atomic E-state index is 10.1. The van der Waals surface area contributed by atoms with Crippen LogP contribution in [0.25, 0.3) is 0 Å². The third-order valence-corrected chi connectivity index (χ3v) is 3.62. The Morgan fingerprint density at radius 1 is 0.900 bits per heavy atom. The van der Waals surface area contributed by atoms with Gasteiger partial charge in [-0.05, 0) is 24.0 Å². The van der Waals surface area contributed by atoms with Gasteiger partial charge >= 0.3 is 0 Å². The number of hydrogen-bond acceptors (Lipinski definition) is 2. The van der Waals surface area contributed by atoms with Crippen LogP contribution in [0.3, 0.4) is 0 Å². The van der Waals surface area contributed by atoms with E-state index in [-0.39, 0.29) is 0 Å². The zero-order chi connectivity index (χ0) is 14.4. The summed E-state index contributed by atoms with van der Waals surface area (Å²) in [4.78, 5) is 0. The smallest absolute Gasteiger partial charge is 0.0914 e. The van der Waals surface area contributed by atoms with Crippen LogP contribution in [0.1, 0.15) is 35.6 Å². The zero-order valence-corrected chi connectivity index (χ0v) is 12.2. The number of nitrogens with one attached hydrogen (secondary N) is 1. The fourth-order valence-electron chi connectivity index (χ4n) is 2.24. The molecule has 0 aliphatic carbocycles. The van der Waals surface area contributed by atoms with Crippen molar-refractivity contribution < 1.29 is 5.11 Å². The van der Waals surface area contributed by atoms with E-state index in [1.165, 1.54) is 11.1 Å². The molecule has 2 rings (SSSR count). The molecule has 2 unspecified atom stereocenters. The second-order valence-corrected chi connectivity index (χ2v) is 5.40. The highest BCUT2D eigenvalue weighted by molar-refractivity contribution is 5.23. The Morgan fingerprint density at radius 3 is 2.20 bits per heavy atom. The van der Waals surface area contributed by atoms with E-state index >= 15 is 0 Å². The zero-order valence-electron chi connectivity index (χ0n) is 12.2. The first-order valence-electron chi connectivity index (χ1n) is 7.17. The molecule has 0 saturated carbocycles. The Morgan fingerprint density at radius 2 is 1.55 bits per heavy atom. The minimum Gasteiger partial charge on any atom is -0.387 e. The predicted octanol–water partition coefficient (Wildman–Crippen LogP) is 3.42. The van der Waals surface area contributed by atoms with Crippen molar-refractivity contribution in [2.24, 2.45) is 0 Å². The molecule has 0 aromatic heterocycles. The van der Waals surface area contributed by atoms with Crippen LogP contribution in [-0.4, -0.2) is 18.2 Å². The largest absolute Gasteiger partial charge is 0.387 e. The van der Waals surface area contributed by atoms with Crippen molar-refractivity contribution in [2.75, 3.05) is 13.1 Å². The lowest BCUT2D eigenvalue weighted by molar-refractivity contribution is 0.174. The van der Waals surface area contributed by atoms with Gasteiger partial charge in [-0.1, -0.05) is 67.1 Å². The van der Waals surface area contributed by atoms with Crippen molar-refractivity contribution in [2.45, 2.75) is 25.9 Å². The Labute approximate surface area is 121 Å². The number of benzene rings is 2. The summed E-state index contributed by atoms with van der Waals surface area (Å²) in [6, 6.07) is 18.5. The Kier molecular flexibility index (Phi) is 5.33. The van der Waals surface area contributed by atoms with Gasteiger partial charge in [0, 0.05) is 13.1 Å². The molecule has 2 nitrogen and oxygen atoms in total. The van der Waals surface area contributed by atoms with Gasteiger partial charge in [0.25, 0.3) is 0 Å². The molecule has 0 amide bonds. The molecule has 2 aromatic rings.